The van der Waals surface area contributed by atoms with Gasteiger partial charge in [-0.05, 0) is 12.1 Å². The van der Waals surface area contributed by atoms with Crippen molar-refractivity contribution in [1.82, 2.24) is 4.90 Å². The molecule has 2 amide bonds. The molecule has 3 rings (SSSR count). The molecule has 1 aromatic carbocycles. The summed E-state index contributed by atoms with van der Waals surface area (Å²) in [5, 5.41) is 2.86. The molecule has 0 bridgehead atoms. The van der Waals surface area contributed by atoms with E-state index < -0.39 is 6.04 Å². The molecule has 1 aliphatic heterocycles. The number of fused-ring (bicyclic) bond motifs is 1. The predicted molar refractivity (Wildman–Crippen MR) is 77.2 cm³/mol. The van der Waals surface area contributed by atoms with Crippen molar-refractivity contribution in [1.29, 1.82) is 0 Å². The van der Waals surface area contributed by atoms with Crippen LogP contribution >= 0.6 is 0 Å². The summed E-state index contributed by atoms with van der Waals surface area (Å²) in [6.45, 7) is 0.266. The van der Waals surface area contributed by atoms with Crippen LogP contribution in [0, 0.1) is 0 Å². The molecule has 5 nitrogen and oxygen atoms in total. The number of pyridine rings is 1. The summed E-state index contributed by atoms with van der Waals surface area (Å²) < 4.78 is 1.82. The Bertz CT molecular complexity index is 685. The van der Waals surface area contributed by atoms with Gasteiger partial charge in [-0.25, -0.2) is 0 Å². The maximum absolute atomic E-state index is 12.6. The first-order chi connectivity index (χ1) is 10.2. The predicted octanol–water partition coefficient (Wildman–Crippen LogP) is 1.13. The highest BCUT2D eigenvalue weighted by Gasteiger charge is 2.40. The zero-order chi connectivity index (χ0) is 14.8. The molecule has 106 valence electrons. The summed E-state index contributed by atoms with van der Waals surface area (Å²) in [6, 6.07) is 14.2. The van der Waals surface area contributed by atoms with Crippen LogP contribution < -0.4 is 9.88 Å². The van der Waals surface area contributed by atoms with E-state index in [0.717, 1.165) is 11.4 Å². The van der Waals surface area contributed by atoms with Crippen molar-refractivity contribution in [3.8, 4) is 0 Å². The maximum atomic E-state index is 12.6. The van der Waals surface area contributed by atoms with E-state index in [-0.39, 0.29) is 18.4 Å². The number of nitrogens with zero attached hydrogens (tertiary/aromatic N) is 2. The molecule has 1 aliphatic rings. The maximum Gasteiger partial charge on any atom is 0.289 e. The van der Waals surface area contributed by atoms with Gasteiger partial charge in [-0.3, -0.25) is 9.59 Å². The van der Waals surface area contributed by atoms with E-state index >= 15 is 0 Å². The van der Waals surface area contributed by atoms with Crippen LogP contribution in [0.4, 0.5) is 5.69 Å². The average molecular weight is 282 g/mol. The lowest BCUT2D eigenvalue weighted by Crippen LogP contribution is -2.57. The Hall–Kier alpha value is -2.69. The molecule has 0 fully saturated rings. The number of para-hydroxylation sites is 1. The van der Waals surface area contributed by atoms with Gasteiger partial charge in [0.15, 0.2) is 12.2 Å². The number of carbonyl (C=O) groups is 2. The number of benzene rings is 1. The van der Waals surface area contributed by atoms with Crippen LogP contribution in [0.5, 0.6) is 0 Å². The van der Waals surface area contributed by atoms with Crippen LogP contribution in [0.2, 0.25) is 0 Å². The Morgan fingerprint density at radius 2 is 1.90 bits per heavy atom. The first kappa shape index (κ1) is 13.3. The quantitative estimate of drug-likeness (QED) is 0.839. The van der Waals surface area contributed by atoms with Crippen molar-refractivity contribution in [2.45, 2.75) is 12.6 Å². The molecular weight excluding hydrogens is 266 g/mol. The number of hydrogen-bond donors (Lipinski definition) is 1. The topological polar surface area (TPSA) is 53.3 Å². The summed E-state index contributed by atoms with van der Waals surface area (Å²) in [5.41, 5.74) is 1.53. The highest BCUT2D eigenvalue weighted by atomic mass is 16.2. The van der Waals surface area contributed by atoms with Gasteiger partial charge in [-0.15, -0.1) is 0 Å². The Labute approximate surface area is 122 Å². The second-order valence-corrected chi connectivity index (χ2v) is 5.02. The SMILES string of the molecule is CN1C(=O)C[n+]2ccccc2[C@H]1C(=O)Nc1ccccc1. The minimum Gasteiger partial charge on any atom is -0.324 e. The molecule has 0 radical (unpaired) electrons. The largest absolute Gasteiger partial charge is 0.324 e. The highest BCUT2D eigenvalue weighted by Crippen LogP contribution is 2.22. The van der Waals surface area contributed by atoms with Crippen LogP contribution in [0.15, 0.2) is 54.7 Å². The lowest BCUT2D eigenvalue weighted by Gasteiger charge is -2.28. The van der Waals surface area contributed by atoms with Gasteiger partial charge in [0.1, 0.15) is 0 Å². The highest BCUT2D eigenvalue weighted by molar-refractivity contribution is 5.97. The van der Waals surface area contributed by atoms with Crippen molar-refractivity contribution in [2.24, 2.45) is 0 Å². The van der Waals surface area contributed by atoms with Gasteiger partial charge in [0, 0.05) is 24.9 Å². The first-order valence-corrected chi connectivity index (χ1v) is 6.77. The summed E-state index contributed by atoms with van der Waals surface area (Å²) in [4.78, 5) is 26.1. The van der Waals surface area contributed by atoms with Crippen LogP contribution in [0.1, 0.15) is 11.7 Å². The second-order valence-electron chi connectivity index (χ2n) is 5.02. The molecule has 0 saturated heterocycles. The number of nitrogens with one attached hydrogen (secondary N) is 1. The van der Waals surface area contributed by atoms with Crippen molar-refractivity contribution in [3.05, 3.63) is 60.4 Å². The third-order valence-corrected chi connectivity index (χ3v) is 3.63. The Morgan fingerprint density at radius 3 is 2.67 bits per heavy atom. The fourth-order valence-corrected chi connectivity index (χ4v) is 2.52. The zero-order valence-corrected chi connectivity index (χ0v) is 11.7. The van der Waals surface area contributed by atoms with Gasteiger partial charge in [0.2, 0.25) is 12.2 Å². The van der Waals surface area contributed by atoms with Crippen LogP contribution in [0.25, 0.3) is 0 Å². The van der Waals surface area contributed by atoms with Gasteiger partial charge < -0.3 is 10.2 Å². The molecule has 0 aliphatic carbocycles. The number of hydrogen-bond acceptors (Lipinski definition) is 2. The van der Waals surface area contributed by atoms with Crippen molar-refractivity contribution in [3.63, 3.8) is 0 Å². The summed E-state index contributed by atoms with van der Waals surface area (Å²) in [5.74, 6) is -0.288. The van der Waals surface area contributed by atoms with Crippen LogP contribution in [-0.2, 0) is 16.1 Å². The molecular formula is C16H16N3O2+. The van der Waals surface area contributed by atoms with Gasteiger partial charge >= 0.3 is 0 Å². The molecule has 21 heavy (non-hydrogen) atoms. The number of anilines is 1. The zero-order valence-electron chi connectivity index (χ0n) is 11.7. The van der Waals surface area contributed by atoms with Crippen molar-refractivity contribution in [2.75, 3.05) is 12.4 Å². The number of amides is 2. The first-order valence-electron chi connectivity index (χ1n) is 6.77. The monoisotopic (exact) mass is 282 g/mol. The van der Waals surface area contributed by atoms with E-state index in [1.165, 1.54) is 4.90 Å². The van der Waals surface area contributed by atoms with E-state index in [1.54, 1.807) is 7.05 Å². The van der Waals surface area contributed by atoms with E-state index in [2.05, 4.69) is 5.32 Å². The fraction of sp³-hybridized carbons (Fsp3) is 0.188. The second kappa shape index (κ2) is 5.36. The molecule has 2 heterocycles. The molecule has 5 heteroatoms. The molecule has 2 aromatic rings. The summed E-state index contributed by atoms with van der Waals surface area (Å²) in [6.07, 6.45) is 1.82. The van der Waals surface area contributed by atoms with Gasteiger partial charge in [0.25, 0.3) is 11.8 Å². The van der Waals surface area contributed by atoms with E-state index in [4.69, 9.17) is 0 Å². The normalized spacial score (nSPS) is 17.3. The van der Waals surface area contributed by atoms with Gasteiger partial charge in [0.05, 0.1) is 0 Å². The number of likely N-dealkylation sites (N-methyl/N-ethyl adjacent to an activating group) is 1. The lowest BCUT2D eigenvalue weighted by molar-refractivity contribution is -0.698. The number of carbonyl (C=O) groups excluding carboxylic acids is 2. The van der Waals surface area contributed by atoms with Crippen molar-refractivity contribution >= 4 is 17.5 Å². The number of rotatable bonds is 2. The standard InChI is InChI=1S/C16H15N3O2/c1-18-14(20)11-19-10-6-5-9-13(19)15(18)16(21)17-12-7-3-2-4-8-12/h2-10,15H,11H2,1H3/p+1/t15-/m0/s1. The van der Waals surface area contributed by atoms with E-state index in [1.807, 2.05) is 59.3 Å². The van der Waals surface area contributed by atoms with E-state index in [9.17, 15) is 9.59 Å². The molecule has 1 atom stereocenters. The Kier molecular flexibility index (Phi) is 3.39. The molecule has 0 unspecified atom stereocenters. The Balaban J connectivity index is 1.93. The molecule has 0 saturated carbocycles. The van der Waals surface area contributed by atoms with Gasteiger partial charge in [-0.1, -0.05) is 24.3 Å². The third kappa shape index (κ3) is 2.50. The van der Waals surface area contributed by atoms with Crippen molar-refractivity contribution < 1.29 is 14.2 Å². The summed E-state index contributed by atoms with van der Waals surface area (Å²) >= 11 is 0. The third-order valence-electron chi connectivity index (χ3n) is 3.63. The molecule has 1 N–H and O–H groups in total. The minimum atomic E-state index is -0.618. The number of aromatic nitrogens is 1. The molecule has 1 aromatic heterocycles. The van der Waals surface area contributed by atoms with Crippen LogP contribution in [0.3, 0.4) is 0 Å². The molecule has 0 spiro atoms. The van der Waals surface area contributed by atoms with E-state index in [0.29, 0.717) is 0 Å². The summed E-state index contributed by atoms with van der Waals surface area (Å²) in [7, 11) is 1.66. The smallest absolute Gasteiger partial charge is 0.289 e. The fourth-order valence-electron chi connectivity index (χ4n) is 2.52. The lowest BCUT2D eigenvalue weighted by atomic mass is 10.1. The van der Waals surface area contributed by atoms with Gasteiger partial charge in [-0.2, -0.15) is 4.57 Å². The average Bonchev–Trinajstić information content (AvgIpc) is 2.49. The Morgan fingerprint density at radius 1 is 1.19 bits per heavy atom. The van der Waals surface area contributed by atoms with Crippen LogP contribution in [-0.4, -0.2) is 23.8 Å². The minimum absolute atomic E-state index is 0.0769.